The molecule has 1 N–H and O–H groups in total. The van der Waals surface area contributed by atoms with Crippen LogP contribution < -0.4 is 4.90 Å². The summed E-state index contributed by atoms with van der Waals surface area (Å²) < 4.78 is 23.6. The molecular weight excluding hydrogens is 427 g/mol. The van der Waals surface area contributed by atoms with Crippen LogP contribution in [0.3, 0.4) is 0 Å². The van der Waals surface area contributed by atoms with Crippen LogP contribution in [0.25, 0.3) is 11.6 Å². The lowest BCUT2D eigenvalue weighted by molar-refractivity contribution is 0.0533. The largest absolute Gasteiger partial charge is 0.508 e. The summed E-state index contributed by atoms with van der Waals surface area (Å²) in [6.07, 6.45) is 11.2. The van der Waals surface area contributed by atoms with Gasteiger partial charge in [-0.05, 0) is 31.6 Å². The number of amides is 1. The molecule has 0 unspecified atom stereocenters. The molecular formula is C24H29FN4O4. The lowest BCUT2D eigenvalue weighted by atomic mass is 10.1. The van der Waals surface area contributed by atoms with Gasteiger partial charge in [0.05, 0.1) is 24.5 Å². The van der Waals surface area contributed by atoms with E-state index in [1.165, 1.54) is 6.08 Å². The molecule has 0 saturated carbocycles. The molecule has 9 heteroatoms. The van der Waals surface area contributed by atoms with E-state index in [1.54, 1.807) is 23.1 Å². The van der Waals surface area contributed by atoms with Crippen molar-refractivity contribution < 1.29 is 23.8 Å². The summed E-state index contributed by atoms with van der Waals surface area (Å²) in [6.45, 7) is 4.51. The number of hydrogen-bond acceptors (Lipinski definition) is 7. The van der Waals surface area contributed by atoms with Crippen molar-refractivity contribution >= 4 is 23.6 Å². The van der Waals surface area contributed by atoms with Crippen LogP contribution in [-0.2, 0) is 9.47 Å². The van der Waals surface area contributed by atoms with Gasteiger partial charge in [-0.2, -0.15) is 0 Å². The average Bonchev–Trinajstić information content (AvgIpc) is 3.24. The van der Waals surface area contributed by atoms with E-state index in [0.29, 0.717) is 68.7 Å². The minimum Gasteiger partial charge on any atom is -0.508 e. The van der Waals surface area contributed by atoms with Crippen LogP contribution in [0.2, 0.25) is 0 Å². The van der Waals surface area contributed by atoms with Gasteiger partial charge in [0.25, 0.3) is 0 Å². The number of aromatic nitrogens is 2. The molecule has 33 heavy (non-hydrogen) atoms. The highest BCUT2D eigenvalue weighted by molar-refractivity contribution is 5.76. The average molecular weight is 457 g/mol. The first-order valence-electron chi connectivity index (χ1n) is 11.2. The molecule has 1 aliphatic carbocycles. The number of alkyl halides is 1. The first-order chi connectivity index (χ1) is 16.1. The summed E-state index contributed by atoms with van der Waals surface area (Å²) in [5.74, 6) is 1.19. The molecule has 0 spiro atoms. The molecule has 176 valence electrons. The third-order valence-corrected chi connectivity index (χ3v) is 5.88. The van der Waals surface area contributed by atoms with Gasteiger partial charge in [-0.3, -0.25) is 0 Å². The molecule has 0 bridgehead atoms. The predicted octanol–water partition coefficient (Wildman–Crippen LogP) is 3.60. The van der Waals surface area contributed by atoms with Crippen LogP contribution in [0.1, 0.15) is 29.9 Å². The fraction of sp³-hybridized carbons (Fsp3) is 0.458. The Kier molecular flexibility index (Phi) is 7.39. The maximum Gasteiger partial charge on any atom is 0.410 e. The van der Waals surface area contributed by atoms with Gasteiger partial charge in [0.15, 0.2) is 5.82 Å². The summed E-state index contributed by atoms with van der Waals surface area (Å²) in [6, 6.07) is 0. The van der Waals surface area contributed by atoms with Crippen molar-refractivity contribution in [3.05, 3.63) is 53.2 Å². The number of carbonyl (C=O) groups is 1. The molecule has 2 fully saturated rings. The Morgan fingerprint density at radius 1 is 1.33 bits per heavy atom. The zero-order chi connectivity index (χ0) is 23.2. The van der Waals surface area contributed by atoms with Gasteiger partial charge in [0, 0.05) is 38.2 Å². The molecule has 2 saturated heterocycles. The lowest BCUT2D eigenvalue weighted by Gasteiger charge is -2.36. The smallest absolute Gasteiger partial charge is 0.410 e. The van der Waals surface area contributed by atoms with Crippen LogP contribution in [0.15, 0.2) is 36.1 Å². The topological polar surface area (TPSA) is 88.0 Å². The Labute approximate surface area is 192 Å². The van der Waals surface area contributed by atoms with E-state index in [-0.39, 0.29) is 18.0 Å². The van der Waals surface area contributed by atoms with Gasteiger partial charge in [0.2, 0.25) is 0 Å². The van der Waals surface area contributed by atoms with Crippen LogP contribution in [0.5, 0.6) is 0 Å². The summed E-state index contributed by atoms with van der Waals surface area (Å²) in [7, 11) is 0. The van der Waals surface area contributed by atoms with Gasteiger partial charge < -0.3 is 24.4 Å². The highest BCUT2D eigenvalue weighted by Crippen LogP contribution is 2.28. The molecule has 1 aromatic heterocycles. The number of aliphatic hydroxyl groups is 1. The molecule has 3 heterocycles. The molecule has 1 aromatic rings. The van der Waals surface area contributed by atoms with E-state index in [9.17, 15) is 14.3 Å². The predicted molar refractivity (Wildman–Crippen MR) is 124 cm³/mol. The third-order valence-electron chi connectivity index (χ3n) is 5.88. The fourth-order valence-electron chi connectivity index (χ4n) is 4.00. The lowest BCUT2D eigenvalue weighted by Crippen LogP contribution is -2.50. The number of anilines is 1. The molecule has 8 nitrogen and oxygen atoms in total. The van der Waals surface area contributed by atoms with Crippen molar-refractivity contribution in [3.8, 4) is 0 Å². The number of piperazine rings is 1. The van der Waals surface area contributed by atoms with E-state index in [4.69, 9.17) is 14.5 Å². The maximum absolute atomic E-state index is 12.8. The first kappa shape index (κ1) is 23.0. The SMILES string of the molecule is Cc1c(/C=C\CF)nc(C2=CC=CCC=C2O)nc1N1CCN(C(=O)O[C@H]2CCOC2)CC1. The van der Waals surface area contributed by atoms with E-state index in [0.717, 1.165) is 12.0 Å². The van der Waals surface area contributed by atoms with Crippen LogP contribution >= 0.6 is 0 Å². The van der Waals surface area contributed by atoms with Gasteiger partial charge in [-0.1, -0.05) is 18.2 Å². The Morgan fingerprint density at radius 3 is 2.88 bits per heavy atom. The third kappa shape index (κ3) is 5.42. The van der Waals surface area contributed by atoms with Gasteiger partial charge in [-0.15, -0.1) is 0 Å². The monoisotopic (exact) mass is 456 g/mol. The van der Waals surface area contributed by atoms with E-state index in [1.807, 2.05) is 19.1 Å². The number of halogens is 1. The highest BCUT2D eigenvalue weighted by Gasteiger charge is 2.28. The maximum atomic E-state index is 12.8. The Morgan fingerprint density at radius 2 is 2.15 bits per heavy atom. The molecule has 0 radical (unpaired) electrons. The number of ether oxygens (including phenoxy) is 2. The summed E-state index contributed by atoms with van der Waals surface area (Å²) in [5, 5.41) is 10.5. The van der Waals surface area contributed by atoms with Crippen LogP contribution in [-0.4, -0.2) is 78.2 Å². The standard InChI is InChI=1S/C24H29FN4O4/c1-17-20(7-5-10-25)26-22(19-6-3-2-4-8-21(19)30)27-23(17)28-11-13-29(14-12-28)24(31)33-18-9-15-32-16-18/h2-3,5-8,18,30H,4,9-16H2,1H3/b7-5-/t18-/m0/s1. The minimum atomic E-state index is -0.600. The molecule has 1 atom stereocenters. The zero-order valence-corrected chi connectivity index (χ0v) is 18.7. The molecule has 3 aliphatic rings. The Bertz CT molecular complexity index is 990. The van der Waals surface area contributed by atoms with E-state index >= 15 is 0 Å². The number of hydrogen-bond donors (Lipinski definition) is 1. The fourth-order valence-corrected chi connectivity index (χ4v) is 4.00. The first-order valence-corrected chi connectivity index (χ1v) is 11.2. The zero-order valence-electron chi connectivity index (χ0n) is 18.7. The number of rotatable bonds is 5. The van der Waals surface area contributed by atoms with Gasteiger partial charge >= 0.3 is 6.09 Å². The van der Waals surface area contributed by atoms with Crippen molar-refractivity contribution in [1.82, 2.24) is 14.9 Å². The molecule has 1 amide bonds. The second kappa shape index (κ2) is 10.6. The quantitative estimate of drug-likeness (QED) is 0.724. The molecule has 4 rings (SSSR count). The second-order valence-electron chi connectivity index (χ2n) is 8.11. The van der Waals surface area contributed by atoms with Crippen molar-refractivity contribution in [3.63, 3.8) is 0 Å². The highest BCUT2D eigenvalue weighted by atomic mass is 19.1. The summed E-state index contributed by atoms with van der Waals surface area (Å²) in [4.78, 5) is 25.6. The second-order valence-corrected chi connectivity index (χ2v) is 8.11. The number of carbonyl (C=O) groups excluding carboxylic acids is 1. The van der Waals surface area contributed by atoms with Gasteiger partial charge in [-0.25, -0.2) is 19.2 Å². The number of nitrogens with zero attached hydrogens (tertiary/aromatic N) is 4. The Balaban J connectivity index is 1.55. The van der Waals surface area contributed by atoms with Crippen molar-refractivity contribution in [2.75, 3.05) is 51.0 Å². The number of allylic oxidation sites excluding steroid dienone is 6. The van der Waals surface area contributed by atoms with E-state index < -0.39 is 6.67 Å². The summed E-state index contributed by atoms with van der Waals surface area (Å²) >= 11 is 0. The van der Waals surface area contributed by atoms with Crippen molar-refractivity contribution in [1.29, 1.82) is 0 Å². The normalized spacial score (nSPS) is 21.2. The number of aliphatic hydroxyl groups excluding tert-OH is 1. The van der Waals surface area contributed by atoms with Gasteiger partial charge in [0.1, 0.15) is 24.4 Å². The van der Waals surface area contributed by atoms with Crippen LogP contribution in [0, 0.1) is 6.92 Å². The van der Waals surface area contributed by atoms with Crippen molar-refractivity contribution in [2.24, 2.45) is 0 Å². The Hall–Kier alpha value is -3.20. The van der Waals surface area contributed by atoms with Crippen molar-refractivity contribution in [2.45, 2.75) is 25.9 Å². The molecule has 2 aliphatic heterocycles. The summed E-state index contributed by atoms with van der Waals surface area (Å²) in [5.41, 5.74) is 1.93. The van der Waals surface area contributed by atoms with E-state index in [2.05, 4.69) is 9.88 Å². The molecule has 0 aromatic carbocycles. The van der Waals surface area contributed by atoms with Crippen LogP contribution in [0.4, 0.5) is 15.0 Å². The minimum absolute atomic E-state index is 0.110.